The zero-order valence-electron chi connectivity index (χ0n) is 14.3. The van der Waals surface area contributed by atoms with Crippen LogP contribution in [0.5, 0.6) is 0 Å². The molecule has 0 unspecified atom stereocenters. The van der Waals surface area contributed by atoms with E-state index in [0.717, 1.165) is 42.4 Å². The van der Waals surface area contributed by atoms with Crippen LogP contribution in [0.2, 0.25) is 0 Å². The molecule has 0 spiro atoms. The number of ether oxygens (including phenoxy) is 1. The molecule has 2 aliphatic heterocycles. The second-order valence-electron chi connectivity index (χ2n) is 7.41. The molecule has 0 aromatic heterocycles. The van der Waals surface area contributed by atoms with Crippen molar-refractivity contribution in [3.8, 4) is 0 Å². The van der Waals surface area contributed by atoms with Crippen LogP contribution in [-0.4, -0.2) is 25.2 Å². The van der Waals surface area contributed by atoms with Crippen molar-refractivity contribution < 1.29 is 9.53 Å². The minimum atomic E-state index is 0.0988. The SMILES string of the molecule is CC[C@H]1C[C@H](C(=O)N2CCC(C)(C)c3ccc(Br)cc32)CCO1. The third kappa shape index (κ3) is 3.34. The quantitative estimate of drug-likeness (QED) is 0.746. The molecule has 3 nitrogen and oxygen atoms in total. The number of rotatable bonds is 2. The van der Waals surface area contributed by atoms with E-state index in [9.17, 15) is 4.79 Å². The Morgan fingerprint density at radius 2 is 2.22 bits per heavy atom. The predicted octanol–water partition coefficient (Wildman–Crippen LogP) is 4.67. The van der Waals surface area contributed by atoms with Crippen LogP contribution in [0.3, 0.4) is 0 Å². The van der Waals surface area contributed by atoms with Gasteiger partial charge >= 0.3 is 0 Å². The molecule has 23 heavy (non-hydrogen) atoms. The number of amides is 1. The smallest absolute Gasteiger partial charge is 0.230 e. The minimum absolute atomic E-state index is 0.0988. The molecule has 2 aliphatic rings. The van der Waals surface area contributed by atoms with Gasteiger partial charge in [-0.05, 0) is 48.8 Å². The van der Waals surface area contributed by atoms with Crippen LogP contribution in [0.25, 0.3) is 0 Å². The Bertz CT molecular complexity index is 599. The zero-order valence-corrected chi connectivity index (χ0v) is 15.9. The molecular weight excluding hydrogens is 354 g/mol. The van der Waals surface area contributed by atoms with E-state index < -0.39 is 0 Å². The maximum Gasteiger partial charge on any atom is 0.230 e. The highest BCUT2D eigenvalue weighted by atomic mass is 79.9. The first-order valence-electron chi connectivity index (χ1n) is 8.65. The highest BCUT2D eigenvalue weighted by Gasteiger charge is 2.37. The van der Waals surface area contributed by atoms with E-state index in [1.807, 2.05) is 4.90 Å². The molecule has 1 aromatic rings. The molecule has 2 heterocycles. The number of nitrogens with zero attached hydrogens (tertiary/aromatic N) is 1. The summed E-state index contributed by atoms with van der Waals surface area (Å²) in [5.74, 6) is 0.378. The van der Waals surface area contributed by atoms with Gasteiger partial charge in [-0.25, -0.2) is 0 Å². The largest absolute Gasteiger partial charge is 0.378 e. The van der Waals surface area contributed by atoms with E-state index >= 15 is 0 Å². The maximum atomic E-state index is 13.2. The second kappa shape index (κ2) is 6.56. The van der Waals surface area contributed by atoms with Crippen molar-refractivity contribution in [1.82, 2.24) is 0 Å². The van der Waals surface area contributed by atoms with Gasteiger partial charge in [-0.15, -0.1) is 0 Å². The van der Waals surface area contributed by atoms with Gasteiger partial charge in [-0.1, -0.05) is 42.8 Å². The lowest BCUT2D eigenvalue weighted by Gasteiger charge is -2.41. The Morgan fingerprint density at radius 3 is 2.96 bits per heavy atom. The van der Waals surface area contributed by atoms with Crippen molar-refractivity contribution >= 4 is 27.5 Å². The standard InChI is InChI=1S/C19H26BrNO2/c1-4-15-11-13(7-10-23-15)18(22)21-9-8-19(2,3)16-6-5-14(20)12-17(16)21/h5-6,12-13,15H,4,7-11H2,1-3H3/t13-,15+/m1/s1. The van der Waals surface area contributed by atoms with Crippen molar-refractivity contribution in [2.45, 2.75) is 58.0 Å². The number of benzene rings is 1. The number of halogens is 1. The summed E-state index contributed by atoms with van der Waals surface area (Å²) in [5.41, 5.74) is 2.48. The summed E-state index contributed by atoms with van der Waals surface area (Å²) < 4.78 is 6.77. The number of hydrogen-bond acceptors (Lipinski definition) is 2. The van der Waals surface area contributed by atoms with Crippen LogP contribution >= 0.6 is 15.9 Å². The molecule has 0 aliphatic carbocycles. The topological polar surface area (TPSA) is 29.5 Å². The molecule has 0 bridgehead atoms. The monoisotopic (exact) mass is 379 g/mol. The fourth-order valence-electron chi connectivity index (χ4n) is 3.79. The van der Waals surface area contributed by atoms with Crippen LogP contribution in [-0.2, 0) is 14.9 Å². The minimum Gasteiger partial charge on any atom is -0.378 e. The molecule has 0 saturated carbocycles. The molecular formula is C19H26BrNO2. The third-order valence-electron chi connectivity index (χ3n) is 5.38. The van der Waals surface area contributed by atoms with Crippen LogP contribution in [0.4, 0.5) is 5.69 Å². The van der Waals surface area contributed by atoms with Gasteiger partial charge in [0.15, 0.2) is 0 Å². The number of hydrogen-bond donors (Lipinski definition) is 0. The van der Waals surface area contributed by atoms with Gasteiger partial charge in [0.1, 0.15) is 0 Å². The molecule has 2 atom stereocenters. The highest BCUT2D eigenvalue weighted by Crippen LogP contribution is 2.42. The first-order chi connectivity index (χ1) is 10.9. The van der Waals surface area contributed by atoms with Crippen LogP contribution in [0, 0.1) is 5.92 Å². The van der Waals surface area contributed by atoms with E-state index in [0.29, 0.717) is 6.61 Å². The van der Waals surface area contributed by atoms with Gasteiger partial charge in [-0.3, -0.25) is 4.79 Å². The summed E-state index contributed by atoms with van der Waals surface area (Å²) in [7, 11) is 0. The summed E-state index contributed by atoms with van der Waals surface area (Å²) in [5, 5.41) is 0. The lowest BCUT2D eigenvalue weighted by Crippen LogP contribution is -2.45. The molecule has 126 valence electrons. The first-order valence-corrected chi connectivity index (χ1v) is 9.44. The average Bonchev–Trinajstić information content (AvgIpc) is 2.54. The molecule has 0 radical (unpaired) electrons. The van der Waals surface area contributed by atoms with Crippen molar-refractivity contribution in [3.63, 3.8) is 0 Å². The van der Waals surface area contributed by atoms with Gasteiger partial charge in [-0.2, -0.15) is 0 Å². The maximum absolute atomic E-state index is 13.2. The first kappa shape index (κ1) is 17.0. The van der Waals surface area contributed by atoms with E-state index in [1.165, 1.54) is 5.56 Å². The van der Waals surface area contributed by atoms with Crippen molar-refractivity contribution in [3.05, 3.63) is 28.2 Å². The van der Waals surface area contributed by atoms with Gasteiger partial charge in [0.05, 0.1) is 6.10 Å². The van der Waals surface area contributed by atoms with Crippen LogP contribution < -0.4 is 4.90 Å². The lowest BCUT2D eigenvalue weighted by atomic mass is 9.77. The van der Waals surface area contributed by atoms with Gasteiger partial charge in [0.2, 0.25) is 5.91 Å². The Hall–Kier alpha value is -0.870. The number of fused-ring (bicyclic) bond motifs is 1. The molecule has 0 N–H and O–H groups in total. The fraction of sp³-hybridized carbons (Fsp3) is 0.632. The summed E-state index contributed by atoms with van der Waals surface area (Å²) in [4.78, 5) is 15.2. The van der Waals surface area contributed by atoms with E-state index in [2.05, 4.69) is 54.9 Å². The third-order valence-corrected chi connectivity index (χ3v) is 5.87. The lowest BCUT2D eigenvalue weighted by molar-refractivity contribution is -0.127. The van der Waals surface area contributed by atoms with E-state index in [1.54, 1.807) is 0 Å². The summed E-state index contributed by atoms with van der Waals surface area (Å²) >= 11 is 3.56. The summed E-state index contributed by atoms with van der Waals surface area (Å²) in [6.45, 7) is 8.18. The Balaban J connectivity index is 1.89. The zero-order chi connectivity index (χ0) is 16.6. The number of carbonyl (C=O) groups excluding carboxylic acids is 1. The predicted molar refractivity (Wildman–Crippen MR) is 96.9 cm³/mol. The van der Waals surface area contributed by atoms with Crippen LogP contribution in [0.1, 0.15) is 52.0 Å². The number of anilines is 1. The van der Waals surface area contributed by atoms with Crippen molar-refractivity contribution in [1.29, 1.82) is 0 Å². The van der Waals surface area contributed by atoms with Crippen molar-refractivity contribution in [2.24, 2.45) is 5.92 Å². The van der Waals surface area contributed by atoms with Gasteiger partial charge in [0.25, 0.3) is 0 Å². The Morgan fingerprint density at radius 1 is 1.43 bits per heavy atom. The molecule has 1 amide bonds. The Labute approximate surface area is 147 Å². The molecule has 1 saturated heterocycles. The molecule has 1 fully saturated rings. The Kier molecular flexibility index (Phi) is 4.84. The van der Waals surface area contributed by atoms with Gasteiger partial charge < -0.3 is 9.64 Å². The molecule has 4 heteroatoms. The highest BCUT2D eigenvalue weighted by molar-refractivity contribution is 9.10. The van der Waals surface area contributed by atoms with E-state index in [-0.39, 0.29) is 23.3 Å². The number of carbonyl (C=O) groups is 1. The molecule has 3 rings (SSSR count). The van der Waals surface area contributed by atoms with E-state index in [4.69, 9.17) is 4.74 Å². The summed E-state index contributed by atoms with van der Waals surface area (Å²) in [6.07, 6.45) is 3.94. The normalized spacial score (nSPS) is 26.7. The summed E-state index contributed by atoms with van der Waals surface area (Å²) in [6, 6.07) is 6.35. The average molecular weight is 380 g/mol. The van der Waals surface area contributed by atoms with Crippen LogP contribution in [0.15, 0.2) is 22.7 Å². The second-order valence-corrected chi connectivity index (χ2v) is 8.32. The van der Waals surface area contributed by atoms with Crippen molar-refractivity contribution in [2.75, 3.05) is 18.1 Å². The fourth-order valence-corrected chi connectivity index (χ4v) is 4.13. The molecule has 1 aromatic carbocycles. The van der Waals surface area contributed by atoms with Gasteiger partial charge in [0, 0.05) is 29.2 Å².